The van der Waals surface area contributed by atoms with Crippen LogP contribution in [0, 0.1) is 10.1 Å². The summed E-state index contributed by atoms with van der Waals surface area (Å²) in [5.74, 6) is -0.931. The number of imide groups is 1. The minimum absolute atomic E-state index is 0.0631. The lowest BCUT2D eigenvalue weighted by molar-refractivity contribution is -0.384. The van der Waals surface area contributed by atoms with E-state index in [4.69, 9.17) is 0 Å². The SMILES string of the molecule is O=C(c1ccccc1)c1ccccc1N(CCCN1C(=O)c2ccccc2C1=O)c1ncccc1[N+](=O)[O-]. The number of para-hydroxylation sites is 1. The van der Waals surface area contributed by atoms with Gasteiger partial charge in [0.1, 0.15) is 0 Å². The van der Waals surface area contributed by atoms with Crippen molar-refractivity contribution in [3.63, 3.8) is 0 Å². The van der Waals surface area contributed by atoms with Crippen LogP contribution in [0.25, 0.3) is 0 Å². The molecule has 5 rings (SSSR count). The summed E-state index contributed by atoms with van der Waals surface area (Å²) in [6.07, 6.45) is 1.73. The predicted octanol–water partition coefficient (Wildman–Crippen LogP) is 5.05. The minimum atomic E-state index is -0.527. The van der Waals surface area contributed by atoms with E-state index < -0.39 is 4.92 Å². The number of nitrogens with zero attached hydrogens (tertiary/aromatic N) is 4. The number of pyridine rings is 1. The molecule has 1 aromatic heterocycles. The average Bonchev–Trinajstić information content (AvgIpc) is 3.20. The van der Waals surface area contributed by atoms with Gasteiger partial charge in [0, 0.05) is 36.5 Å². The van der Waals surface area contributed by atoms with Gasteiger partial charge in [-0.05, 0) is 36.8 Å². The maximum atomic E-state index is 13.4. The van der Waals surface area contributed by atoms with Crippen LogP contribution in [0.15, 0.2) is 97.2 Å². The van der Waals surface area contributed by atoms with Gasteiger partial charge in [-0.15, -0.1) is 0 Å². The molecule has 188 valence electrons. The van der Waals surface area contributed by atoms with E-state index in [2.05, 4.69) is 4.98 Å². The summed E-state index contributed by atoms with van der Waals surface area (Å²) in [4.78, 5) is 57.5. The number of carbonyl (C=O) groups excluding carboxylic acids is 3. The number of hydrogen-bond donors (Lipinski definition) is 0. The van der Waals surface area contributed by atoms with Crippen molar-refractivity contribution in [2.45, 2.75) is 6.42 Å². The van der Waals surface area contributed by atoms with Crippen LogP contribution in [0.5, 0.6) is 0 Å². The Balaban J connectivity index is 1.49. The van der Waals surface area contributed by atoms with Crippen molar-refractivity contribution in [2.24, 2.45) is 0 Å². The normalized spacial score (nSPS) is 12.4. The molecule has 0 unspecified atom stereocenters. The Morgan fingerprint density at radius 1 is 0.842 bits per heavy atom. The van der Waals surface area contributed by atoms with Gasteiger partial charge < -0.3 is 4.90 Å². The first-order valence-electron chi connectivity index (χ1n) is 12.0. The standard InChI is InChI=1S/C29H22N4O5/c34-26(20-10-2-1-3-11-20)23-14-6-7-15-24(23)31(27-25(33(37)38)16-8-17-30-27)18-9-19-32-28(35)21-12-4-5-13-22(21)29(32)36/h1-8,10-17H,9,18-19H2. The lowest BCUT2D eigenvalue weighted by Gasteiger charge is -2.26. The maximum Gasteiger partial charge on any atom is 0.311 e. The Labute approximate surface area is 218 Å². The molecule has 0 spiro atoms. The molecule has 0 aliphatic carbocycles. The topological polar surface area (TPSA) is 114 Å². The number of nitro groups is 1. The van der Waals surface area contributed by atoms with Crippen LogP contribution < -0.4 is 4.90 Å². The fourth-order valence-electron chi connectivity index (χ4n) is 4.55. The molecule has 0 saturated heterocycles. The largest absolute Gasteiger partial charge is 0.320 e. The van der Waals surface area contributed by atoms with Crippen molar-refractivity contribution < 1.29 is 19.3 Å². The van der Waals surface area contributed by atoms with Crippen LogP contribution in [-0.2, 0) is 0 Å². The van der Waals surface area contributed by atoms with Gasteiger partial charge in [0.15, 0.2) is 5.78 Å². The number of benzene rings is 3. The zero-order valence-corrected chi connectivity index (χ0v) is 20.2. The molecule has 0 bridgehead atoms. The Morgan fingerprint density at radius 2 is 1.47 bits per heavy atom. The van der Waals surface area contributed by atoms with E-state index in [1.54, 1.807) is 77.7 Å². The van der Waals surface area contributed by atoms with E-state index in [1.807, 2.05) is 6.07 Å². The van der Waals surface area contributed by atoms with Crippen molar-refractivity contribution >= 4 is 34.8 Å². The number of ketones is 1. The van der Waals surface area contributed by atoms with Gasteiger partial charge >= 0.3 is 5.69 Å². The van der Waals surface area contributed by atoms with Gasteiger partial charge in [0.05, 0.1) is 21.7 Å². The second-order valence-corrected chi connectivity index (χ2v) is 8.63. The zero-order valence-electron chi connectivity index (χ0n) is 20.2. The number of anilines is 2. The van der Waals surface area contributed by atoms with Gasteiger partial charge in [0.25, 0.3) is 11.8 Å². The zero-order chi connectivity index (χ0) is 26.6. The van der Waals surface area contributed by atoms with Crippen LogP contribution >= 0.6 is 0 Å². The molecule has 4 aromatic rings. The summed E-state index contributed by atoms with van der Waals surface area (Å²) in [7, 11) is 0. The summed E-state index contributed by atoms with van der Waals surface area (Å²) >= 11 is 0. The van der Waals surface area contributed by atoms with Crippen LogP contribution in [0.1, 0.15) is 43.1 Å². The highest BCUT2D eigenvalue weighted by Gasteiger charge is 2.35. The van der Waals surface area contributed by atoms with Crippen LogP contribution in [0.3, 0.4) is 0 Å². The molecule has 0 saturated carbocycles. The quantitative estimate of drug-likeness (QED) is 0.135. The first-order chi connectivity index (χ1) is 18.5. The van der Waals surface area contributed by atoms with Crippen molar-refractivity contribution in [2.75, 3.05) is 18.0 Å². The molecule has 9 nitrogen and oxygen atoms in total. The summed E-state index contributed by atoms with van der Waals surface area (Å²) in [5, 5.41) is 11.9. The van der Waals surface area contributed by atoms with Crippen molar-refractivity contribution in [3.8, 4) is 0 Å². The first-order valence-corrected chi connectivity index (χ1v) is 12.0. The van der Waals surface area contributed by atoms with Crippen LogP contribution in [0.4, 0.5) is 17.2 Å². The second kappa shape index (κ2) is 10.4. The van der Waals surface area contributed by atoms with E-state index in [0.717, 1.165) is 0 Å². The van der Waals surface area contributed by atoms with Crippen molar-refractivity contribution in [1.82, 2.24) is 9.88 Å². The number of carbonyl (C=O) groups is 3. The highest BCUT2D eigenvalue weighted by atomic mass is 16.6. The summed E-state index contributed by atoms with van der Waals surface area (Å²) < 4.78 is 0. The highest BCUT2D eigenvalue weighted by Crippen LogP contribution is 2.34. The molecular formula is C29H22N4O5. The van der Waals surface area contributed by atoms with E-state index >= 15 is 0 Å². The molecule has 2 amide bonds. The van der Waals surface area contributed by atoms with Gasteiger partial charge in [-0.2, -0.15) is 0 Å². The molecule has 0 fully saturated rings. The molecular weight excluding hydrogens is 484 g/mol. The summed E-state index contributed by atoms with van der Waals surface area (Å²) in [6.45, 7) is 0.253. The number of rotatable bonds is 9. The number of aromatic nitrogens is 1. The van der Waals surface area contributed by atoms with Gasteiger partial charge in [-0.3, -0.25) is 29.4 Å². The van der Waals surface area contributed by atoms with Gasteiger partial charge in [0.2, 0.25) is 5.82 Å². The molecule has 38 heavy (non-hydrogen) atoms. The fourth-order valence-corrected chi connectivity index (χ4v) is 4.55. The fraction of sp³-hybridized carbons (Fsp3) is 0.103. The number of amides is 2. The molecule has 0 atom stereocenters. The molecule has 9 heteroatoms. The lowest BCUT2D eigenvalue weighted by Crippen LogP contribution is -2.33. The van der Waals surface area contributed by atoms with E-state index in [0.29, 0.717) is 27.9 Å². The Morgan fingerprint density at radius 3 is 2.16 bits per heavy atom. The molecule has 0 radical (unpaired) electrons. The summed E-state index contributed by atoms with van der Waals surface area (Å²) in [5.41, 5.74) is 1.74. The average molecular weight is 507 g/mol. The van der Waals surface area contributed by atoms with Crippen molar-refractivity contribution in [1.29, 1.82) is 0 Å². The van der Waals surface area contributed by atoms with E-state index in [9.17, 15) is 24.5 Å². The van der Waals surface area contributed by atoms with Gasteiger partial charge in [-0.25, -0.2) is 4.98 Å². The monoisotopic (exact) mass is 506 g/mol. The molecule has 3 aromatic carbocycles. The predicted molar refractivity (Wildman–Crippen MR) is 141 cm³/mol. The smallest absolute Gasteiger partial charge is 0.311 e. The lowest BCUT2D eigenvalue weighted by atomic mass is 10.0. The minimum Gasteiger partial charge on any atom is -0.320 e. The second-order valence-electron chi connectivity index (χ2n) is 8.63. The molecule has 2 heterocycles. The van der Waals surface area contributed by atoms with Gasteiger partial charge in [-0.1, -0.05) is 54.6 Å². The Bertz CT molecular complexity index is 1520. The van der Waals surface area contributed by atoms with Crippen LogP contribution in [-0.4, -0.2) is 45.5 Å². The Kier molecular flexibility index (Phi) is 6.73. The third-order valence-electron chi connectivity index (χ3n) is 6.34. The van der Waals surface area contributed by atoms with E-state index in [-0.39, 0.29) is 48.6 Å². The maximum absolute atomic E-state index is 13.4. The highest BCUT2D eigenvalue weighted by molar-refractivity contribution is 6.21. The van der Waals surface area contributed by atoms with Crippen molar-refractivity contribution in [3.05, 3.63) is 130 Å². The third kappa shape index (κ3) is 4.53. The summed E-state index contributed by atoms with van der Waals surface area (Å²) in [6, 6.07) is 25.0. The van der Waals surface area contributed by atoms with Crippen LogP contribution in [0.2, 0.25) is 0 Å². The number of hydrogen-bond acceptors (Lipinski definition) is 7. The molecule has 1 aliphatic rings. The number of fused-ring (bicyclic) bond motifs is 1. The third-order valence-corrected chi connectivity index (χ3v) is 6.34. The molecule has 1 aliphatic heterocycles. The first kappa shape index (κ1) is 24.5. The van der Waals surface area contributed by atoms with E-state index in [1.165, 1.54) is 23.2 Å². The Hall–Kier alpha value is -5.18. The molecule has 0 N–H and O–H groups in total.